The highest BCUT2D eigenvalue weighted by Crippen LogP contribution is 2.78. The molecule has 4 saturated carbocycles. The first-order valence-corrected chi connectivity index (χ1v) is 12.7. The van der Waals surface area contributed by atoms with Gasteiger partial charge in [-0.25, -0.2) is 0 Å². The smallest absolute Gasteiger partial charge is 0.315 e. The maximum absolute atomic E-state index is 13.1. The number of carbonyl (C=O) groups is 2. The maximum Gasteiger partial charge on any atom is 0.315 e. The van der Waals surface area contributed by atoms with Gasteiger partial charge in [0, 0.05) is 11.8 Å². The number of ether oxygens (including phenoxy) is 3. The van der Waals surface area contributed by atoms with E-state index >= 15 is 0 Å². The van der Waals surface area contributed by atoms with Crippen LogP contribution in [0.3, 0.4) is 0 Å². The van der Waals surface area contributed by atoms with Crippen LogP contribution in [-0.4, -0.2) is 97.2 Å². The molecule has 13 atom stereocenters. The normalized spacial score (nSPS) is 57.3. The molecule has 0 unspecified atom stereocenters. The van der Waals surface area contributed by atoms with Crippen molar-refractivity contribution in [2.45, 2.75) is 93.5 Å². The third kappa shape index (κ3) is 2.67. The SMILES string of the molecule is C=C1C[C@]23C[C@@]1(O[C@@H]1O[C@H](CO)[C@@H](O)[C@H](O)[C@H]1O)CC[C@H]2[C@@]12CC[C@H](O)[C@@](C)(C(=O)O1)[C@H]2[C@@H]3C(=O)O. The average molecular weight is 511 g/mol. The lowest BCUT2D eigenvalue weighted by molar-refractivity contribution is -0.326. The molecule has 0 radical (unpaired) electrons. The van der Waals surface area contributed by atoms with Gasteiger partial charge in [0.2, 0.25) is 0 Å². The topological polar surface area (TPSA) is 183 Å². The Bertz CT molecular complexity index is 1010. The van der Waals surface area contributed by atoms with E-state index in [1.54, 1.807) is 6.92 Å². The molecule has 6 aliphatic rings. The maximum atomic E-state index is 13.1. The van der Waals surface area contributed by atoms with E-state index in [1.807, 2.05) is 0 Å². The van der Waals surface area contributed by atoms with Gasteiger partial charge in [0.15, 0.2) is 6.29 Å². The Morgan fingerprint density at radius 1 is 1.14 bits per heavy atom. The molecule has 2 saturated heterocycles. The summed E-state index contributed by atoms with van der Waals surface area (Å²) in [6.45, 7) is 5.26. The number of carboxylic acid groups (broad SMARTS) is 1. The Hall–Kier alpha value is -1.60. The minimum atomic E-state index is -1.60. The van der Waals surface area contributed by atoms with Crippen molar-refractivity contribution in [2.75, 3.05) is 6.61 Å². The van der Waals surface area contributed by atoms with Gasteiger partial charge < -0.3 is 44.8 Å². The van der Waals surface area contributed by atoms with Gasteiger partial charge in [-0.3, -0.25) is 9.59 Å². The van der Waals surface area contributed by atoms with Crippen LogP contribution in [0, 0.1) is 28.6 Å². The number of hydrogen-bond donors (Lipinski definition) is 6. The summed E-state index contributed by atoms with van der Waals surface area (Å²) in [5, 5.41) is 61.9. The standard InChI is InChI=1S/C25H34O11/c1-10-7-23-9-24(10,35-20-17(30)16(29)15(28)11(8-26)34-20)5-3-12(23)25-6-4-13(27)22(2,21(33)36-25)18(25)14(23)19(31)32/h11-18,20,26-30H,1,3-9H2,2H3,(H,31,32)/t11-,12-,13+,14-,15-,16+,17-,18-,20+,22-,23+,24+,25-/m1/s1. The van der Waals surface area contributed by atoms with Crippen molar-refractivity contribution in [1.82, 2.24) is 0 Å². The lowest BCUT2D eigenvalue weighted by Crippen LogP contribution is -2.61. The summed E-state index contributed by atoms with van der Waals surface area (Å²) in [7, 11) is 0. The van der Waals surface area contributed by atoms with Crippen molar-refractivity contribution in [3.63, 3.8) is 0 Å². The van der Waals surface area contributed by atoms with Gasteiger partial charge in [0.1, 0.15) is 30.0 Å². The minimum absolute atomic E-state index is 0.247. The van der Waals surface area contributed by atoms with Crippen molar-refractivity contribution in [3.8, 4) is 0 Å². The van der Waals surface area contributed by atoms with Crippen molar-refractivity contribution in [2.24, 2.45) is 28.6 Å². The Balaban J connectivity index is 1.39. The van der Waals surface area contributed by atoms with E-state index in [-0.39, 0.29) is 12.3 Å². The number of aliphatic hydroxyl groups excluding tert-OH is 5. The molecule has 1 spiro atoms. The van der Waals surface area contributed by atoms with Gasteiger partial charge in [-0.15, -0.1) is 0 Å². The fraction of sp³-hybridized carbons (Fsp3) is 0.840. The van der Waals surface area contributed by atoms with Gasteiger partial charge in [-0.1, -0.05) is 6.58 Å². The van der Waals surface area contributed by atoms with E-state index in [4.69, 9.17) is 14.2 Å². The molecule has 4 bridgehead atoms. The number of carboxylic acids is 1. The molecule has 2 aliphatic heterocycles. The van der Waals surface area contributed by atoms with E-state index in [0.29, 0.717) is 37.7 Å². The van der Waals surface area contributed by atoms with E-state index < -0.39 is 89.2 Å². The van der Waals surface area contributed by atoms with Crippen molar-refractivity contribution in [3.05, 3.63) is 12.2 Å². The fourth-order valence-corrected chi connectivity index (χ4v) is 9.20. The number of hydrogen-bond acceptors (Lipinski definition) is 10. The quantitative estimate of drug-likeness (QED) is 0.203. The van der Waals surface area contributed by atoms with Crippen LogP contribution in [0.4, 0.5) is 0 Å². The number of aliphatic hydroxyl groups is 5. The largest absolute Gasteiger partial charge is 0.481 e. The second-order valence-corrected chi connectivity index (χ2v) is 12.1. The summed E-state index contributed by atoms with van der Waals surface area (Å²) in [5.74, 6) is -3.53. The zero-order valence-electron chi connectivity index (χ0n) is 20.1. The molecule has 6 rings (SSSR count). The van der Waals surface area contributed by atoms with Crippen LogP contribution in [0.2, 0.25) is 0 Å². The first kappa shape index (κ1) is 24.7. The van der Waals surface area contributed by atoms with E-state index in [2.05, 4.69) is 6.58 Å². The van der Waals surface area contributed by atoms with E-state index in [9.17, 15) is 40.2 Å². The van der Waals surface area contributed by atoms with Crippen molar-refractivity contribution >= 4 is 11.9 Å². The summed E-state index contributed by atoms with van der Waals surface area (Å²) in [4.78, 5) is 26.0. The Labute approximate surface area is 207 Å². The van der Waals surface area contributed by atoms with E-state index in [0.717, 1.165) is 0 Å². The molecule has 0 aromatic carbocycles. The molecule has 0 amide bonds. The molecule has 36 heavy (non-hydrogen) atoms. The highest BCUT2D eigenvalue weighted by atomic mass is 16.7. The molecule has 11 heteroatoms. The Morgan fingerprint density at radius 2 is 1.86 bits per heavy atom. The number of fused-ring (bicyclic) bond motifs is 1. The first-order valence-electron chi connectivity index (χ1n) is 12.7. The zero-order valence-corrected chi connectivity index (χ0v) is 20.1. The molecule has 4 aliphatic carbocycles. The minimum Gasteiger partial charge on any atom is -0.481 e. The van der Waals surface area contributed by atoms with Crippen LogP contribution >= 0.6 is 0 Å². The average Bonchev–Trinajstić information content (AvgIpc) is 3.27. The number of rotatable bonds is 4. The summed E-state index contributed by atoms with van der Waals surface area (Å²) < 4.78 is 18.0. The summed E-state index contributed by atoms with van der Waals surface area (Å²) in [5.41, 5.74) is -3.57. The van der Waals surface area contributed by atoms with Gasteiger partial charge >= 0.3 is 11.9 Å². The number of aliphatic carboxylic acids is 1. The fourth-order valence-electron chi connectivity index (χ4n) is 9.20. The lowest BCUT2D eigenvalue weighted by atomic mass is 9.59. The second kappa shape index (κ2) is 7.49. The predicted molar refractivity (Wildman–Crippen MR) is 118 cm³/mol. The third-order valence-corrected chi connectivity index (χ3v) is 10.7. The Morgan fingerprint density at radius 3 is 2.53 bits per heavy atom. The highest BCUT2D eigenvalue weighted by Gasteiger charge is 2.84. The van der Waals surface area contributed by atoms with Gasteiger partial charge in [0.25, 0.3) is 0 Å². The van der Waals surface area contributed by atoms with Crippen LogP contribution < -0.4 is 0 Å². The zero-order chi connectivity index (χ0) is 26.0. The summed E-state index contributed by atoms with van der Waals surface area (Å²) >= 11 is 0. The van der Waals surface area contributed by atoms with Gasteiger partial charge in [-0.2, -0.15) is 0 Å². The molecule has 0 aromatic rings. The molecule has 200 valence electrons. The second-order valence-electron chi connectivity index (χ2n) is 12.1. The lowest BCUT2D eigenvalue weighted by Gasteiger charge is -2.49. The van der Waals surface area contributed by atoms with E-state index in [1.165, 1.54) is 0 Å². The molecule has 6 fully saturated rings. The first-order chi connectivity index (χ1) is 16.9. The van der Waals surface area contributed by atoms with Crippen molar-refractivity contribution < 1.29 is 54.4 Å². The Kier molecular flexibility index (Phi) is 5.15. The van der Waals surface area contributed by atoms with Crippen LogP contribution in [0.25, 0.3) is 0 Å². The molecule has 2 heterocycles. The van der Waals surface area contributed by atoms with Gasteiger partial charge in [0.05, 0.1) is 29.6 Å². The van der Waals surface area contributed by atoms with Crippen LogP contribution in [0.15, 0.2) is 12.2 Å². The number of carbonyl (C=O) groups excluding carboxylic acids is 1. The molecular weight excluding hydrogens is 476 g/mol. The van der Waals surface area contributed by atoms with Crippen LogP contribution in [0.1, 0.15) is 45.4 Å². The molecule has 11 nitrogen and oxygen atoms in total. The molecule has 6 N–H and O–H groups in total. The monoisotopic (exact) mass is 510 g/mol. The summed E-state index contributed by atoms with van der Waals surface area (Å²) in [6, 6.07) is 0. The predicted octanol–water partition coefficient (Wildman–Crippen LogP) is -0.925. The number of esters is 1. The van der Waals surface area contributed by atoms with Crippen molar-refractivity contribution in [1.29, 1.82) is 0 Å². The molecular formula is C25H34O11. The third-order valence-electron chi connectivity index (χ3n) is 10.7. The van der Waals surface area contributed by atoms with Crippen LogP contribution in [0.5, 0.6) is 0 Å². The van der Waals surface area contributed by atoms with Gasteiger partial charge in [-0.05, 0) is 56.4 Å². The highest BCUT2D eigenvalue weighted by molar-refractivity contribution is 5.85. The summed E-state index contributed by atoms with van der Waals surface area (Å²) in [6.07, 6.45) is -6.03. The van der Waals surface area contributed by atoms with Crippen LogP contribution in [-0.2, 0) is 23.8 Å². The molecule has 0 aromatic heterocycles.